The molecule has 0 aliphatic heterocycles. The van der Waals surface area contributed by atoms with E-state index in [1.54, 1.807) is 0 Å². The van der Waals surface area contributed by atoms with Crippen LogP contribution in [0.2, 0.25) is 0 Å². The zero-order valence-electron chi connectivity index (χ0n) is 11.5. The lowest BCUT2D eigenvalue weighted by Crippen LogP contribution is -2.41. The smallest absolute Gasteiger partial charge is 0.268 e. The number of hydrogen-bond acceptors (Lipinski definition) is 2. The highest BCUT2D eigenvalue weighted by atomic mass is 16.3. The summed E-state index contributed by atoms with van der Waals surface area (Å²) in [5.74, 6) is 0.0171. The first-order valence-corrected chi connectivity index (χ1v) is 6.53. The van der Waals surface area contributed by atoms with Gasteiger partial charge in [0, 0.05) is 10.9 Å². The van der Waals surface area contributed by atoms with Crippen LogP contribution in [-0.4, -0.2) is 28.6 Å². The molecule has 0 bridgehead atoms. The fraction of sp³-hybridized carbons (Fsp3) is 0.400. The molecular formula is C15H20N2O2. The topological polar surface area (TPSA) is 65.1 Å². The molecule has 0 saturated heterocycles. The third-order valence-corrected chi connectivity index (χ3v) is 3.43. The van der Waals surface area contributed by atoms with Gasteiger partial charge in [-0.15, -0.1) is 0 Å². The lowest BCUT2D eigenvalue weighted by Gasteiger charge is -2.19. The number of rotatable bonds is 4. The van der Waals surface area contributed by atoms with Crippen molar-refractivity contribution in [3.05, 3.63) is 35.5 Å². The van der Waals surface area contributed by atoms with E-state index in [-0.39, 0.29) is 24.5 Å². The SMILES string of the molecule is Cc1cccc2cc(C(=O)N[C@H](CO)C(C)C)[nH]c12. The number of aliphatic hydroxyl groups is 1. The van der Waals surface area contributed by atoms with Gasteiger partial charge in [0.25, 0.3) is 5.91 Å². The van der Waals surface area contributed by atoms with Gasteiger partial charge in [-0.3, -0.25) is 4.79 Å². The van der Waals surface area contributed by atoms with Gasteiger partial charge in [-0.25, -0.2) is 0 Å². The number of para-hydroxylation sites is 1. The van der Waals surface area contributed by atoms with Crippen LogP contribution in [0.5, 0.6) is 0 Å². The molecule has 4 nitrogen and oxygen atoms in total. The Morgan fingerprint density at radius 1 is 1.42 bits per heavy atom. The van der Waals surface area contributed by atoms with Gasteiger partial charge < -0.3 is 15.4 Å². The zero-order chi connectivity index (χ0) is 14.0. The largest absolute Gasteiger partial charge is 0.394 e. The molecule has 0 spiro atoms. The molecule has 0 unspecified atom stereocenters. The predicted molar refractivity (Wildman–Crippen MR) is 76.2 cm³/mol. The second-order valence-corrected chi connectivity index (χ2v) is 5.23. The number of amides is 1. The third-order valence-electron chi connectivity index (χ3n) is 3.43. The summed E-state index contributed by atoms with van der Waals surface area (Å²) < 4.78 is 0. The van der Waals surface area contributed by atoms with E-state index < -0.39 is 0 Å². The maximum Gasteiger partial charge on any atom is 0.268 e. The molecule has 0 aliphatic carbocycles. The molecule has 3 N–H and O–H groups in total. The molecule has 1 aromatic carbocycles. The van der Waals surface area contributed by atoms with Crippen LogP contribution in [0.1, 0.15) is 29.9 Å². The molecule has 0 fully saturated rings. The van der Waals surface area contributed by atoms with Crippen molar-refractivity contribution in [3.8, 4) is 0 Å². The van der Waals surface area contributed by atoms with Crippen molar-refractivity contribution < 1.29 is 9.90 Å². The van der Waals surface area contributed by atoms with E-state index in [2.05, 4.69) is 10.3 Å². The lowest BCUT2D eigenvalue weighted by molar-refractivity contribution is 0.0892. The summed E-state index contributed by atoms with van der Waals surface area (Å²) in [5.41, 5.74) is 2.63. The molecule has 0 saturated carbocycles. The van der Waals surface area contributed by atoms with Crippen molar-refractivity contribution in [2.75, 3.05) is 6.61 Å². The van der Waals surface area contributed by atoms with Crippen LogP contribution in [0.3, 0.4) is 0 Å². The Morgan fingerprint density at radius 2 is 2.16 bits per heavy atom. The van der Waals surface area contributed by atoms with Crippen molar-refractivity contribution in [1.29, 1.82) is 0 Å². The number of aryl methyl sites for hydroxylation is 1. The molecule has 1 amide bonds. The van der Waals surface area contributed by atoms with Crippen LogP contribution in [0, 0.1) is 12.8 Å². The van der Waals surface area contributed by atoms with Crippen molar-refractivity contribution >= 4 is 16.8 Å². The fourth-order valence-corrected chi connectivity index (χ4v) is 2.10. The first-order valence-electron chi connectivity index (χ1n) is 6.53. The predicted octanol–water partition coefficient (Wildman–Crippen LogP) is 2.22. The number of hydrogen-bond donors (Lipinski definition) is 3. The first kappa shape index (κ1) is 13.6. The summed E-state index contributed by atoms with van der Waals surface area (Å²) in [6.07, 6.45) is 0. The zero-order valence-corrected chi connectivity index (χ0v) is 11.5. The molecule has 1 heterocycles. The molecular weight excluding hydrogens is 240 g/mol. The van der Waals surface area contributed by atoms with Gasteiger partial charge in [-0.1, -0.05) is 32.0 Å². The summed E-state index contributed by atoms with van der Waals surface area (Å²) >= 11 is 0. The Balaban J connectivity index is 2.24. The number of carbonyl (C=O) groups excluding carboxylic acids is 1. The highest BCUT2D eigenvalue weighted by Crippen LogP contribution is 2.19. The van der Waals surface area contributed by atoms with Crippen LogP contribution in [-0.2, 0) is 0 Å². The second-order valence-electron chi connectivity index (χ2n) is 5.23. The summed E-state index contributed by atoms with van der Waals surface area (Å²) in [6.45, 7) is 5.89. The van der Waals surface area contributed by atoms with Crippen molar-refractivity contribution in [2.45, 2.75) is 26.8 Å². The molecule has 4 heteroatoms. The van der Waals surface area contributed by atoms with Crippen molar-refractivity contribution in [2.24, 2.45) is 5.92 Å². The van der Waals surface area contributed by atoms with E-state index in [1.807, 2.05) is 45.0 Å². The Morgan fingerprint density at radius 3 is 2.74 bits per heavy atom. The first-order chi connectivity index (χ1) is 9.02. The van der Waals surface area contributed by atoms with E-state index in [4.69, 9.17) is 0 Å². The molecule has 2 aromatic rings. The van der Waals surface area contributed by atoms with Gasteiger partial charge in [-0.05, 0) is 24.5 Å². The highest BCUT2D eigenvalue weighted by molar-refractivity contribution is 5.98. The number of nitrogens with one attached hydrogen (secondary N) is 2. The minimum atomic E-state index is -0.222. The number of fused-ring (bicyclic) bond motifs is 1. The summed E-state index contributed by atoms with van der Waals surface area (Å²) in [6, 6.07) is 7.57. The lowest BCUT2D eigenvalue weighted by atomic mass is 10.1. The maximum atomic E-state index is 12.1. The normalized spacial score (nSPS) is 12.9. The molecule has 1 atom stereocenters. The van der Waals surface area contributed by atoms with Crippen LogP contribution >= 0.6 is 0 Å². The number of H-pyrrole nitrogens is 1. The quantitative estimate of drug-likeness (QED) is 0.789. The van der Waals surface area contributed by atoms with E-state index in [0.29, 0.717) is 5.69 Å². The fourth-order valence-electron chi connectivity index (χ4n) is 2.10. The van der Waals surface area contributed by atoms with Gasteiger partial charge in [0.2, 0.25) is 0 Å². The highest BCUT2D eigenvalue weighted by Gasteiger charge is 2.17. The molecule has 0 radical (unpaired) electrons. The Bertz CT molecular complexity index is 587. The average Bonchev–Trinajstić information content (AvgIpc) is 2.80. The van der Waals surface area contributed by atoms with Crippen LogP contribution in [0.15, 0.2) is 24.3 Å². The second kappa shape index (κ2) is 5.45. The molecule has 0 aliphatic rings. The monoisotopic (exact) mass is 260 g/mol. The number of aliphatic hydroxyl groups excluding tert-OH is 1. The van der Waals surface area contributed by atoms with Crippen molar-refractivity contribution in [1.82, 2.24) is 10.3 Å². The number of aromatic amines is 1. The van der Waals surface area contributed by atoms with Crippen LogP contribution in [0.25, 0.3) is 10.9 Å². The maximum absolute atomic E-state index is 12.1. The molecule has 2 rings (SSSR count). The van der Waals surface area contributed by atoms with E-state index in [1.165, 1.54) is 0 Å². The van der Waals surface area contributed by atoms with Gasteiger partial charge in [-0.2, -0.15) is 0 Å². The van der Waals surface area contributed by atoms with Crippen LogP contribution < -0.4 is 5.32 Å². The Hall–Kier alpha value is -1.81. The standard InChI is InChI=1S/C15H20N2O2/c1-9(2)13(8-18)17-15(19)12-7-11-6-4-5-10(3)14(11)16-12/h4-7,9,13,16,18H,8H2,1-3H3,(H,17,19)/t13-/m1/s1. The van der Waals surface area contributed by atoms with Gasteiger partial charge in [0.15, 0.2) is 0 Å². The third kappa shape index (κ3) is 2.79. The summed E-state index contributed by atoms with van der Waals surface area (Å²) in [5, 5.41) is 13.1. The summed E-state index contributed by atoms with van der Waals surface area (Å²) in [7, 11) is 0. The van der Waals surface area contributed by atoms with Gasteiger partial charge >= 0.3 is 0 Å². The van der Waals surface area contributed by atoms with Gasteiger partial charge in [0.05, 0.1) is 12.6 Å². The molecule has 19 heavy (non-hydrogen) atoms. The minimum absolute atomic E-state index is 0.0529. The number of carbonyl (C=O) groups is 1. The number of aromatic nitrogens is 1. The van der Waals surface area contributed by atoms with E-state index in [9.17, 15) is 9.90 Å². The number of benzene rings is 1. The van der Waals surface area contributed by atoms with E-state index >= 15 is 0 Å². The molecule has 1 aromatic heterocycles. The van der Waals surface area contributed by atoms with Crippen LogP contribution in [0.4, 0.5) is 0 Å². The Labute approximate surface area is 112 Å². The van der Waals surface area contributed by atoms with E-state index in [0.717, 1.165) is 16.5 Å². The minimum Gasteiger partial charge on any atom is -0.394 e. The van der Waals surface area contributed by atoms with Crippen molar-refractivity contribution in [3.63, 3.8) is 0 Å². The average molecular weight is 260 g/mol. The summed E-state index contributed by atoms with van der Waals surface area (Å²) in [4.78, 5) is 15.3. The molecule has 102 valence electrons. The Kier molecular flexibility index (Phi) is 3.90. The van der Waals surface area contributed by atoms with Gasteiger partial charge in [0.1, 0.15) is 5.69 Å².